The van der Waals surface area contributed by atoms with E-state index in [9.17, 15) is 4.39 Å². The van der Waals surface area contributed by atoms with E-state index in [0.29, 0.717) is 0 Å². The van der Waals surface area contributed by atoms with Gasteiger partial charge in [0, 0.05) is 29.2 Å². The Kier molecular flexibility index (Phi) is 2.22. The SMILES string of the molecule is Cn1c(-c2cccc(F)c2)cc2c[c]ccc21. The Labute approximate surface area is 99.1 Å². The number of hydrogen-bond acceptors (Lipinski definition) is 0. The minimum atomic E-state index is -0.209. The summed E-state index contributed by atoms with van der Waals surface area (Å²) in [5, 5.41) is 1.12. The predicted octanol–water partition coefficient (Wildman–Crippen LogP) is 3.78. The van der Waals surface area contributed by atoms with E-state index in [1.54, 1.807) is 12.1 Å². The number of halogens is 1. The van der Waals surface area contributed by atoms with Crippen LogP contribution in [0.1, 0.15) is 0 Å². The lowest BCUT2D eigenvalue weighted by Crippen LogP contribution is -1.91. The zero-order valence-electron chi connectivity index (χ0n) is 9.44. The fourth-order valence-electron chi connectivity index (χ4n) is 2.15. The molecule has 3 rings (SSSR count). The van der Waals surface area contributed by atoms with Crippen LogP contribution in [0.3, 0.4) is 0 Å². The van der Waals surface area contributed by atoms with Gasteiger partial charge in [0.25, 0.3) is 0 Å². The minimum absolute atomic E-state index is 0.209. The molecule has 0 saturated heterocycles. The van der Waals surface area contributed by atoms with Crippen molar-refractivity contribution in [1.29, 1.82) is 0 Å². The van der Waals surface area contributed by atoms with Gasteiger partial charge in [-0.3, -0.25) is 0 Å². The Morgan fingerprint density at radius 1 is 1.18 bits per heavy atom. The summed E-state index contributed by atoms with van der Waals surface area (Å²) in [6.07, 6.45) is 0. The lowest BCUT2D eigenvalue weighted by Gasteiger charge is -2.04. The Bertz CT molecular complexity index is 682. The van der Waals surface area contributed by atoms with Gasteiger partial charge < -0.3 is 4.57 Å². The number of hydrogen-bond donors (Lipinski definition) is 0. The van der Waals surface area contributed by atoms with Crippen molar-refractivity contribution in [3.63, 3.8) is 0 Å². The van der Waals surface area contributed by atoms with Crippen LogP contribution in [0.15, 0.2) is 48.5 Å². The number of benzene rings is 2. The van der Waals surface area contributed by atoms with Gasteiger partial charge >= 0.3 is 0 Å². The summed E-state index contributed by atoms with van der Waals surface area (Å²) < 4.78 is 15.3. The second-order valence-corrected chi connectivity index (χ2v) is 4.08. The maximum Gasteiger partial charge on any atom is 0.123 e. The summed E-state index contributed by atoms with van der Waals surface area (Å²) >= 11 is 0. The first-order chi connectivity index (χ1) is 8.25. The van der Waals surface area contributed by atoms with Crippen molar-refractivity contribution in [1.82, 2.24) is 4.57 Å². The molecule has 83 valence electrons. The number of aromatic nitrogens is 1. The number of aryl methyl sites for hydroxylation is 1. The van der Waals surface area contributed by atoms with Crippen molar-refractivity contribution < 1.29 is 4.39 Å². The quantitative estimate of drug-likeness (QED) is 0.592. The highest BCUT2D eigenvalue weighted by molar-refractivity contribution is 5.86. The summed E-state index contributed by atoms with van der Waals surface area (Å²) in [5.74, 6) is -0.209. The Balaban J connectivity index is 2.27. The van der Waals surface area contributed by atoms with Gasteiger partial charge in [-0.1, -0.05) is 18.2 Å². The predicted molar refractivity (Wildman–Crippen MR) is 67.1 cm³/mol. The highest BCUT2D eigenvalue weighted by Gasteiger charge is 2.07. The first-order valence-corrected chi connectivity index (χ1v) is 5.47. The number of nitrogens with zero attached hydrogens (tertiary/aromatic N) is 1. The molecule has 17 heavy (non-hydrogen) atoms. The normalized spacial score (nSPS) is 10.9. The first-order valence-electron chi connectivity index (χ1n) is 5.47. The third-order valence-corrected chi connectivity index (χ3v) is 3.01. The number of fused-ring (bicyclic) bond motifs is 1. The average Bonchev–Trinajstić information content (AvgIpc) is 2.68. The molecule has 0 unspecified atom stereocenters. The van der Waals surface area contributed by atoms with E-state index in [2.05, 4.69) is 16.7 Å². The molecular weight excluding hydrogens is 213 g/mol. The molecule has 2 heteroatoms. The molecule has 0 aliphatic rings. The molecule has 1 aromatic heterocycles. The van der Waals surface area contributed by atoms with E-state index >= 15 is 0 Å². The lowest BCUT2D eigenvalue weighted by molar-refractivity contribution is 0.628. The van der Waals surface area contributed by atoms with Crippen LogP contribution < -0.4 is 0 Å². The zero-order chi connectivity index (χ0) is 11.8. The van der Waals surface area contributed by atoms with Crippen LogP contribution in [0.5, 0.6) is 0 Å². The van der Waals surface area contributed by atoms with Crippen LogP contribution in [0.25, 0.3) is 22.2 Å². The molecule has 1 heterocycles. The largest absolute Gasteiger partial charge is 0.344 e. The van der Waals surface area contributed by atoms with Crippen molar-refractivity contribution in [3.8, 4) is 11.3 Å². The molecule has 0 N–H and O–H groups in total. The van der Waals surface area contributed by atoms with Gasteiger partial charge in [-0.15, -0.1) is 0 Å². The molecule has 1 radical (unpaired) electrons. The molecule has 2 aromatic carbocycles. The molecular formula is C15H11FN. The van der Waals surface area contributed by atoms with Crippen LogP contribution in [0, 0.1) is 11.9 Å². The Morgan fingerprint density at radius 2 is 2.06 bits per heavy atom. The lowest BCUT2D eigenvalue weighted by atomic mass is 10.1. The molecule has 0 aliphatic heterocycles. The smallest absolute Gasteiger partial charge is 0.123 e. The number of rotatable bonds is 1. The van der Waals surface area contributed by atoms with E-state index in [0.717, 1.165) is 22.2 Å². The second-order valence-electron chi connectivity index (χ2n) is 4.08. The van der Waals surface area contributed by atoms with Crippen molar-refractivity contribution in [2.45, 2.75) is 0 Å². The Morgan fingerprint density at radius 3 is 2.82 bits per heavy atom. The van der Waals surface area contributed by atoms with Crippen LogP contribution >= 0.6 is 0 Å². The molecule has 1 nitrogen and oxygen atoms in total. The monoisotopic (exact) mass is 224 g/mol. The molecule has 0 atom stereocenters. The standard InChI is InChI=1S/C15H11FN/c1-17-14-8-3-2-5-12(14)10-15(17)11-6-4-7-13(16)9-11/h3-10H,1H3. The summed E-state index contributed by atoms with van der Waals surface area (Å²) in [5.41, 5.74) is 3.03. The minimum Gasteiger partial charge on any atom is -0.344 e. The van der Waals surface area contributed by atoms with E-state index in [1.807, 2.05) is 31.3 Å². The topological polar surface area (TPSA) is 4.93 Å². The Hall–Kier alpha value is -2.09. The van der Waals surface area contributed by atoms with Gasteiger partial charge in [-0.05, 0) is 36.4 Å². The summed E-state index contributed by atoms with van der Waals surface area (Å²) in [6, 6.07) is 17.6. The zero-order valence-corrected chi connectivity index (χ0v) is 9.44. The van der Waals surface area contributed by atoms with Gasteiger partial charge in [0.1, 0.15) is 5.82 Å². The van der Waals surface area contributed by atoms with Gasteiger partial charge in [-0.25, -0.2) is 4.39 Å². The third-order valence-electron chi connectivity index (χ3n) is 3.01. The van der Waals surface area contributed by atoms with Gasteiger partial charge in [0.05, 0.1) is 0 Å². The van der Waals surface area contributed by atoms with Gasteiger partial charge in [0.2, 0.25) is 0 Å². The van der Waals surface area contributed by atoms with Crippen molar-refractivity contribution in [2.75, 3.05) is 0 Å². The molecule has 0 spiro atoms. The van der Waals surface area contributed by atoms with Crippen molar-refractivity contribution in [3.05, 3.63) is 60.4 Å². The molecule has 0 fully saturated rings. The third kappa shape index (κ3) is 1.62. The maximum atomic E-state index is 13.2. The van der Waals surface area contributed by atoms with Crippen molar-refractivity contribution >= 4 is 10.9 Å². The highest BCUT2D eigenvalue weighted by Crippen LogP contribution is 2.27. The maximum absolute atomic E-state index is 13.2. The molecule has 0 aliphatic carbocycles. The molecule has 0 bridgehead atoms. The van der Waals surface area contributed by atoms with Crippen LogP contribution in [-0.4, -0.2) is 4.57 Å². The fraction of sp³-hybridized carbons (Fsp3) is 0.0667. The molecule has 0 saturated carbocycles. The van der Waals surface area contributed by atoms with E-state index < -0.39 is 0 Å². The van der Waals surface area contributed by atoms with Crippen molar-refractivity contribution in [2.24, 2.45) is 7.05 Å². The fourth-order valence-corrected chi connectivity index (χ4v) is 2.15. The van der Waals surface area contributed by atoms with E-state index in [-0.39, 0.29) is 5.82 Å². The van der Waals surface area contributed by atoms with E-state index in [4.69, 9.17) is 0 Å². The van der Waals surface area contributed by atoms with E-state index in [1.165, 1.54) is 6.07 Å². The van der Waals surface area contributed by atoms with Crippen LogP contribution in [0.2, 0.25) is 0 Å². The summed E-state index contributed by atoms with van der Waals surface area (Å²) in [4.78, 5) is 0. The average molecular weight is 224 g/mol. The molecule has 0 amide bonds. The van der Waals surface area contributed by atoms with Gasteiger partial charge in [0.15, 0.2) is 0 Å². The first kappa shape index (κ1) is 10.1. The van der Waals surface area contributed by atoms with Crippen LogP contribution in [-0.2, 0) is 7.05 Å². The van der Waals surface area contributed by atoms with Gasteiger partial charge in [-0.2, -0.15) is 0 Å². The summed E-state index contributed by atoms with van der Waals surface area (Å²) in [7, 11) is 1.99. The van der Waals surface area contributed by atoms with Crippen LogP contribution in [0.4, 0.5) is 4.39 Å². The second kappa shape index (κ2) is 3.74. The highest BCUT2D eigenvalue weighted by atomic mass is 19.1. The summed E-state index contributed by atoms with van der Waals surface area (Å²) in [6.45, 7) is 0. The molecule has 3 aromatic rings.